The predicted molar refractivity (Wildman–Crippen MR) is 107 cm³/mol. The average Bonchev–Trinajstić information content (AvgIpc) is 2.59. The Bertz CT molecular complexity index is 574. The van der Waals surface area contributed by atoms with Gasteiger partial charge in [-0.3, -0.25) is 0 Å². The summed E-state index contributed by atoms with van der Waals surface area (Å²) in [7, 11) is -3.34. The van der Waals surface area contributed by atoms with Crippen LogP contribution in [0.25, 0.3) is 0 Å². The van der Waals surface area contributed by atoms with Crippen LogP contribution in [0.4, 0.5) is 4.79 Å². The number of likely N-dealkylation sites (tertiary alicyclic amines) is 1. The van der Waals surface area contributed by atoms with E-state index in [0.717, 1.165) is 31.6 Å². The van der Waals surface area contributed by atoms with Crippen LogP contribution < -0.4 is 10.0 Å². The van der Waals surface area contributed by atoms with Gasteiger partial charge in [-0.1, -0.05) is 13.8 Å². The number of sulfonamides is 1. The SMILES string of the molecule is CCNC(=O)N1CCC[C@@H](NS(C)(=O)=O)[C@H]1COC1CCC(C(C)C)CC1. The van der Waals surface area contributed by atoms with E-state index in [1.54, 1.807) is 4.90 Å². The van der Waals surface area contributed by atoms with Crippen LogP contribution in [0.2, 0.25) is 0 Å². The molecule has 0 aromatic carbocycles. The van der Waals surface area contributed by atoms with E-state index in [0.29, 0.717) is 25.6 Å². The lowest BCUT2D eigenvalue weighted by atomic mass is 9.80. The fraction of sp³-hybridized carbons (Fsp3) is 0.947. The minimum atomic E-state index is -3.34. The summed E-state index contributed by atoms with van der Waals surface area (Å²) in [4.78, 5) is 14.2. The van der Waals surface area contributed by atoms with E-state index in [4.69, 9.17) is 4.74 Å². The fourth-order valence-corrected chi connectivity index (χ4v) is 5.16. The van der Waals surface area contributed by atoms with Crippen LogP contribution in [0.3, 0.4) is 0 Å². The molecule has 2 N–H and O–H groups in total. The highest BCUT2D eigenvalue weighted by Crippen LogP contribution is 2.31. The smallest absolute Gasteiger partial charge is 0.317 e. The first-order valence-electron chi connectivity index (χ1n) is 10.3. The van der Waals surface area contributed by atoms with Crippen molar-refractivity contribution in [3.8, 4) is 0 Å². The zero-order chi connectivity index (χ0) is 20.0. The maximum atomic E-state index is 12.5. The van der Waals surface area contributed by atoms with Crippen molar-refractivity contribution in [2.24, 2.45) is 11.8 Å². The van der Waals surface area contributed by atoms with Gasteiger partial charge in [0.2, 0.25) is 10.0 Å². The Balaban J connectivity index is 2.00. The van der Waals surface area contributed by atoms with Gasteiger partial charge in [0, 0.05) is 19.1 Å². The molecule has 0 spiro atoms. The molecule has 0 unspecified atom stereocenters. The molecule has 27 heavy (non-hydrogen) atoms. The van der Waals surface area contributed by atoms with Crippen LogP contribution in [0.5, 0.6) is 0 Å². The van der Waals surface area contributed by atoms with E-state index >= 15 is 0 Å². The van der Waals surface area contributed by atoms with Crippen molar-refractivity contribution < 1.29 is 17.9 Å². The molecule has 1 heterocycles. The second-order valence-corrected chi connectivity index (χ2v) is 10.1. The monoisotopic (exact) mass is 403 g/mol. The van der Waals surface area contributed by atoms with Gasteiger partial charge >= 0.3 is 6.03 Å². The zero-order valence-corrected chi connectivity index (χ0v) is 18.1. The molecule has 2 amide bonds. The molecule has 7 nitrogen and oxygen atoms in total. The van der Waals surface area contributed by atoms with Gasteiger partial charge in [0.25, 0.3) is 0 Å². The van der Waals surface area contributed by atoms with Gasteiger partial charge in [-0.05, 0) is 57.3 Å². The molecule has 0 aromatic rings. The summed E-state index contributed by atoms with van der Waals surface area (Å²) in [5.74, 6) is 1.48. The van der Waals surface area contributed by atoms with Crippen molar-refractivity contribution in [3.63, 3.8) is 0 Å². The molecule has 1 saturated heterocycles. The Morgan fingerprint density at radius 2 is 1.85 bits per heavy atom. The van der Waals surface area contributed by atoms with E-state index in [-0.39, 0.29) is 24.2 Å². The van der Waals surface area contributed by atoms with E-state index in [9.17, 15) is 13.2 Å². The lowest BCUT2D eigenvalue weighted by Crippen LogP contribution is -2.60. The van der Waals surface area contributed by atoms with Crippen molar-refractivity contribution in [2.45, 2.75) is 77.5 Å². The first kappa shape index (κ1) is 22.4. The van der Waals surface area contributed by atoms with E-state index in [2.05, 4.69) is 23.9 Å². The Kier molecular flexibility index (Phi) is 8.37. The third-order valence-electron chi connectivity index (χ3n) is 5.90. The van der Waals surface area contributed by atoms with Crippen LogP contribution in [0.15, 0.2) is 0 Å². The molecule has 1 saturated carbocycles. The first-order valence-corrected chi connectivity index (χ1v) is 12.2. The van der Waals surface area contributed by atoms with E-state index in [1.165, 1.54) is 19.1 Å². The lowest BCUT2D eigenvalue weighted by molar-refractivity contribution is -0.0240. The van der Waals surface area contributed by atoms with Crippen LogP contribution in [-0.2, 0) is 14.8 Å². The van der Waals surface area contributed by atoms with Gasteiger partial charge in [0.15, 0.2) is 0 Å². The fourth-order valence-electron chi connectivity index (χ4n) is 4.34. The number of nitrogens with zero attached hydrogens (tertiary/aromatic N) is 1. The average molecular weight is 404 g/mol. The van der Waals surface area contributed by atoms with Gasteiger partial charge in [-0.15, -0.1) is 0 Å². The predicted octanol–water partition coefficient (Wildman–Crippen LogP) is 2.33. The van der Waals surface area contributed by atoms with E-state index in [1.807, 2.05) is 6.92 Å². The number of carbonyl (C=O) groups excluding carboxylic acids is 1. The third kappa shape index (κ3) is 6.91. The number of hydrogen-bond donors (Lipinski definition) is 2. The van der Waals surface area contributed by atoms with Crippen molar-refractivity contribution in [1.82, 2.24) is 14.9 Å². The maximum absolute atomic E-state index is 12.5. The van der Waals surface area contributed by atoms with Gasteiger partial charge in [-0.25, -0.2) is 17.9 Å². The quantitative estimate of drug-likeness (QED) is 0.683. The summed E-state index contributed by atoms with van der Waals surface area (Å²) in [5, 5.41) is 2.84. The van der Waals surface area contributed by atoms with Crippen molar-refractivity contribution in [2.75, 3.05) is 26.0 Å². The summed E-state index contributed by atoms with van der Waals surface area (Å²) in [6.45, 7) is 7.99. The Morgan fingerprint density at radius 3 is 2.41 bits per heavy atom. The molecule has 158 valence electrons. The summed E-state index contributed by atoms with van der Waals surface area (Å²) in [6, 6.07) is -0.721. The zero-order valence-electron chi connectivity index (χ0n) is 17.2. The minimum Gasteiger partial charge on any atom is -0.376 e. The minimum absolute atomic E-state index is 0.144. The molecule has 2 rings (SSSR count). The molecule has 2 fully saturated rings. The van der Waals surface area contributed by atoms with Crippen LogP contribution in [0, 0.1) is 11.8 Å². The second kappa shape index (κ2) is 10.1. The standard InChI is InChI=1S/C19H37N3O4S/c1-5-20-19(23)22-12-6-7-17(21-27(4,24)25)18(22)13-26-16-10-8-15(9-11-16)14(2)3/h14-18,21H,5-13H2,1-4H3,(H,20,23)/t15?,16?,17-,18-/m1/s1. The highest BCUT2D eigenvalue weighted by atomic mass is 32.2. The van der Waals surface area contributed by atoms with Crippen molar-refractivity contribution in [3.05, 3.63) is 0 Å². The van der Waals surface area contributed by atoms with Gasteiger partial charge in [0.1, 0.15) is 0 Å². The topological polar surface area (TPSA) is 87.7 Å². The van der Waals surface area contributed by atoms with Gasteiger partial charge in [-0.2, -0.15) is 0 Å². The largest absolute Gasteiger partial charge is 0.376 e. The molecule has 8 heteroatoms. The Labute approximate surface area is 164 Å². The van der Waals surface area contributed by atoms with Crippen LogP contribution >= 0.6 is 0 Å². The normalized spacial score (nSPS) is 29.7. The lowest BCUT2D eigenvalue weighted by Gasteiger charge is -2.42. The second-order valence-electron chi connectivity index (χ2n) is 8.35. The Hall–Kier alpha value is -0.860. The molecule has 1 aliphatic carbocycles. The number of ether oxygens (including phenoxy) is 1. The van der Waals surface area contributed by atoms with Gasteiger partial charge < -0.3 is 15.0 Å². The number of piperidine rings is 1. The summed E-state index contributed by atoms with van der Waals surface area (Å²) in [6.07, 6.45) is 7.32. The Morgan fingerprint density at radius 1 is 1.19 bits per heavy atom. The van der Waals surface area contributed by atoms with Crippen LogP contribution in [0.1, 0.15) is 59.3 Å². The highest BCUT2D eigenvalue weighted by Gasteiger charge is 2.36. The summed E-state index contributed by atoms with van der Waals surface area (Å²) in [5.41, 5.74) is 0. The van der Waals surface area contributed by atoms with Crippen molar-refractivity contribution in [1.29, 1.82) is 0 Å². The number of rotatable bonds is 7. The third-order valence-corrected chi connectivity index (χ3v) is 6.63. The number of amides is 2. The summed E-state index contributed by atoms with van der Waals surface area (Å²) >= 11 is 0. The number of nitrogens with one attached hydrogen (secondary N) is 2. The molecular weight excluding hydrogens is 366 g/mol. The highest BCUT2D eigenvalue weighted by molar-refractivity contribution is 7.88. The summed E-state index contributed by atoms with van der Waals surface area (Å²) < 4.78 is 32.5. The number of urea groups is 1. The molecule has 1 aliphatic heterocycles. The van der Waals surface area contributed by atoms with Gasteiger partial charge in [0.05, 0.1) is 25.0 Å². The number of carbonyl (C=O) groups is 1. The molecular formula is C19H37N3O4S. The molecule has 0 radical (unpaired) electrons. The van der Waals surface area contributed by atoms with E-state index < -0.39 is 10.0 Å². The molecule has 0 bridgehead atoms. The molecule has 0 aromatic heterocycles. The maximum Gasteiger partial charge on any atom is 0.317 e. The van der Waals surface area contributed by atoms with Crippen molar-refractivity contribution >= 4 is 16.1 Å². The molecule has 2 atom stereocenters. The first-order chi connectivity index (χ1) is 12.7. The molecule has 2 aliphatic rings. The number of hydrogen-bond acceptors (Lipinski definition) is 4. The van der Waals surface area contributed by atoms with Crippen LogP contribution in [-0.4, -0.2) is 63.5 Å².